The molecule has 9 nitrogen and oxygen atoms in total. The Labute approximate surface area is 158 Å². The maximum absolute atomic E-state index is 12.4. The molecule has 0 saturated heterocycles. The van der Waals surface area contributed by atoms with Gasteiger partial charge in [0.25, 0.3) is 0 Å². The summed E-state index contributed by atoms with van der Waals surface area (Å²) < 4.78 is 37.8. The highest BCUT2D eigenvalue weighted by molar-refractivity contribution is 7.89. The van der Waals surface area contributed by atoms with Gasteiger partial charge in [-0.3, -0.25) is 9.48 Å². The lowest BCUT2D eigenvalue weighted by atomic mass is 10.2. The smallest absolute Gasteiger partial charge is 0.246 e. The van der Waals surface area contributed by atoms with E-state index in [0.29, 0.717) is 28.6 Å². The topological polar surface area (TPSA) is 103 Å². The minimum absolute atomic E-state index is 0.117. The number of nitrogens with one attached hydrogen (secondary N) is 1. The number of benzene rings is 1. The van der Waals surface area contributed by atoms with Crippen LogP contribution in [0.2, 0.25) is 0 Å². The number of aryl methyl sites for hydroxylation is 1. The maximum Gasteiger partial charge on any atom is 0.246 e. The lowest BCUT2D eigenvalue weighted by Gasteiger charge is -2.12. The maximum atomic E-state index is 12.4. The van der Waals surface area contributed by atoms with Crippen LogP contribution < -0.4 is 14.8 Å². The second kappa shape index (κ2) is 7.97. The molecule has 0 aliphatic rings. The van der Waals surface area contributed by atoms with Crippen molar-refractivity contribution in [3.8, 4) is 11.5 Å². The van der Waals surface area contributed by atoms with Crippen molar-refractivity contribution in [3.05, 3.63) is 29.6 Å². The minimum atomic E-state index is -3.64. The fourth-order valence-electron chi connectivity index (χ4n) is 2.64. The molecule has 0 unspecified atom stereocenters. The standard InChI is InChI=1S/C17H24N4O5S/c1-11-17(27(23,24)20(3)4)12(2)21(19-11)10-16(22)18-13-7-8-14(25-5)15(9-13)26-6/h7-9H,10H2,1-6H3,(H,18,22). The number of sulfonamides is 1. The Morgan fingerprint density at radius 3 is 2.37 bits per heavy atom. The highest BCUT2D eigenvalue weighted by Crippen LogP contribution is 2.29. The van der Waals surface area contributed by atoms with Gasteiger partial charge >= 0.3 is 0 Å². The third kappa shape index (κ3) is 4.22. The van der Waals surface area contributed by atoms with Gasteiger partial charge in [0.2, 0.25) is 15.9 Å². The molecule has 2 aromatic rings. The van der Waals surface area contributed by atoms with E-state index in [1.165, 1.54) is 33.0 Å². The quantitative estimate of drug-likeness (QED) is 0.759. The average Bonchev–Trinajstić information content (AvgIpc) is 2.88. The molecule has 1 N–H and O–H groups in total. The molecule has 0 aliphatic heterocycles. The first-order chi connectivity index (χ1) is 12.6. The van der Waals surface area contributed by atoms with Crippen molar-refractivity contribution in [2.75, 3.05) is 33.6 Å². The Kier molecular flexibility index (Phi) is 6.11. The fraction of sp³-hybridized carbons (Fsp3) is 0.412. The van der Waals surface area contributed by atoms with Crippen molar-refractivity contribution in [2.45, 2.75) is 25.3 Å². The Hall–Kier alpha value is -2.59. The molecule has 0 atom stereocenters. The van der Waals surface area contributed by atoms with Crippen molar-refractivity contribution in [2.24, 2.45) is 0 Å². The molecule has 1 aromatic carbocycles. The van der Waals surface area contributed by atoms with E-state index in [0.717, 1.165) is 4.31 Å². The van der Waals surface area contributed by atoms with E-state index >= 15 is 0 Å². The zero-order valence-corrected chi connectivity index (χ0v) is 17.0. The summed E-state index contributed by atoms with van der Waals surface area (Å²) in [6.07, 6.45) is 0. The fourth-order valence-corrected chi connectivity index (χ4v) is 3.90. The van der Waals surface area contributed by atoms with E-state index in [-0.39, 0.29) is 17.3 Å². The van der Waals surface area contributed by atoms with Crippen molar-refractivity contribution in [3.63, 3.8) is 0 Å². The highest BCUT2D eigenvalue weighted by atomic mass is 32.2. The molecular formula is C17H24N4O5S. The van der Waals surface area contributed by atoms with Crippen molar-refractivity contribution >= 4 is 21.6 Å². The molecule has 0 saturated carbocycles. The summed E-state index contributed by atoms with van der Waals surface area (Å²) in [6, 6.07) is 5.00. The van der Waals surface area contributed by atoms with Crippen LogP contribution in [0.4, 0.5) is 5.69 Å². The lowest BCUT2D eigenvalue weighted by Crippen LogP contribution is -2.24. The largest absolute Gasteiger partial charge is 0.493 e. The van der Waals surface area contributed by atoms with Gasteiger partial charge in [0.05, 0.1) is 25.6 Å². The molecule has 0 aliphatic carbocycles. The van der Waals surface area contributed by atoms with Gasteiger partial charge in [-0.2, -0.15) is 5.10 Å². The molecule has 1 aromatic heterocycles. The molecule has 0 bridgehead atoms. The van der Waals surface area contributed by atoms with Crippen LogP contribution in [0, 0.1) is 13.8 Å². The van der Waals surface area contributed by atoms with Crippen LogP contribution in [-0.2, 0) is 21.4 Å². The van der Waals surface area contributed by atoms with Gasteiger partial charge in [0, 0.05) is 25.8 Å². The summed E-state index contributed by atoms with van der Waals surface area (Å²) in [7, 11) is 2.30. The Balaban J connectivity index is 2.22. The van der Waals surface area contributed by atoms with E-state index in [4.69, 9.17) is 9.47 Å². The van der Waals surface area contributed by atoms with Crippen LogP contribution >= 0.6 is 0 Å². The van der Waals surface area contributed by atoms with Gasteiger partial charge in [-0.15, -0.1) is 0 Å². The van der Waals surface area contributed by atoms with Crippen LogP contribution in [0.1, 0.15) is 11.4 Å². The van der Waals surface area contributed by atoms with Crippen LogP contribution in [-0.4, -0.2) is 56.7 Å². The molecule has 1 amide bonds. The lowest BCUT2D eigenvalue weighted by molar-refractivity contribution is -0.116. The number of aromatic nitrogens is 2. The van der Waals surface area contributed by atoms with E-state index in [1.807, 2.05) is 0 Å². The highest BCUT2D eigenvalue weighted by Gasteiger charge is 2.27. The van der Waals surface area contributed by atoms with Crippen molar-refractivity contribution in [1.29, 1.82) is 0 Å². The van der Waals surface area contributed by atoms with Crippen LogP contribution in [0.5, 0.6) is 11.5 Å². The molecule has 0 fully saturated rings. The molecule has 2 rings (SSSR count). The Morgan fingerprint density at radius 2 is 1.81 bits per heavy atom. The van der Waals surface area contributed by atoms with Crippen LogP contribution in [0.25, 0.3) is 0 Å². The number of rotatable bonds is 7. The number of amides is 1. The molecule has 148 valence electrons. The Bertz CT molecular complexity index is 950. The summed E-state index contributed by atoms with van der Waals surface area (Å²) in [5.41, 5.74) is 1.28. The molecule has 0 spiro atoms. The zero-order chi connectivity index (χ0) is 20.4. The van der Waals surface area contributed by atoms with Crippen molar-refractivity contribution < 1.29 is 22.7 Å². The van der Waals surface area contributed by atoms with E-state index in [9.17, 15) is 13.2 Å². The second-order valence-electron chi connectivity index (χ2n) is 6.06. The summed E-state index contributed by atoms with van der Waals surface area (Å²) in [5, 5.41) is 6.95. The number of carbonyl (C=O) groups excluding carboxylic acids is 1. The average molecular weight is 396 g/mol. The van der Waals surface area contributed by atoms with Gasteiger partial charge in [0.1, 0.15) is 11.4 Å². The van der Waals surface area contributed by atoms with E-state index in [2.05, 4.69) is 10.4 Å². The second-order valence-corrected chi connectivity index (χ2v) is 8.15. The molecule has 10 heteroatoms. The van der Waals surface area contributed by atoms with Gasteiger partial charge in [0.15, 0.2) is 11.5 Å². The van der Waals surface area contributed by atoms with Crippen LogP contribution in [0.15, 0.2) is 23.1 Å². The predicted molar refractivity (Wildman–Crippen MR) is 101 cm³/mol. The molecule has 27 heavy (non-hydrogen) atoms. The summed E-state index contributed by atoms with van der Waals surface area (Å²) in [4.78, 5) is 12.5. The zero-order valence-electron chi connectivity index (χ0n) is 16.2. The number of hydrogen-bond acceptors (Lipinski definition) is 6. The molecule has 1 heterocycles. The van der Waals surface area contributed by atoms with Gasteiger partial charge in [-0.05, 0) is 26.0 Å². The summed E-state index contributed by atoms with van der Waals surface area (Å²) in [6.45, 7) is 3.11. The predicted octanol–water partition coefficient (Wildman–Crippen LogP) is 1.41. The first-order valence-corrected chi connectivity index (χ1v) is 9.54. The SMILES string of the molecule is COc1ccc(NC(=O)Cn2nc(C)c(S(=O)(=O)N(C)C)c2C)cc1OC. The van der Waals surface area contributed by atoms with E-state index in [1.54, 1.807) is 32.0 Å². The van der Waals surface area contributed by atoms with Gasteiger partial charge in [-0.25, -0.2) is 12.7 Å². The van der Waals surface area contributed by atoms with E-state index < -0.39 is 10.0 Å². The first kappa shape index (κ1) is 20.7. The monoisotopic (exact) mass is 396 g/mol. The van der Waals surface area contributed by atoms with Crippen molar-refractivity contribution in [1.82, 2.24) is 14.1 Å². The number of methoxy groups -OCH3 is 2. The molecule has 0 radical (unpaired) electrons. The van der Waals surface area contributed by atoms with Gasteiger partial charge in [-0.1, -0.05) is 0 Å². The normalized spacial score (nSPS) is 11.5. The number of ether oxygens (including phenoxy) is 2. The number of hydrogen-bond donors (Lipinski definition) is 1. The summed E-state index contributed by atoms with van der Waals surface area (Å²) >= 11 is 0. The minimum Gasteiger partial charge on any atom is -0.493 e. The number of nitrogens with zero attached hydrogens (tertiary/aromatic N) is 3. The first-order valence-electron chi connectivity index (χ1n) is 8.10. The van der Waals surface area contributed by atoms with Gasteiger partial charge < -0.3 is 14.8 Å². The summed E-state index contributed by atoms with van der Waals surface area (Å²) in [5.74, 6) is 0.690. The number of anilines is 1. The molecular weight excluding hydrogens is 372 g/mol. The third-order valence-corrected chi connectivity index (χ3v) is 6.08. The number of carbonyl (C=O) groups is 1. The van der Waals surface area contributed by atoms with Crippen LogP contribution in [0.3, 0.4) is 0 Å². The Morgan fingerprint density at radius 1 is 1.19 bits per heavy atom. The third-order valence-electron chi connectivity index (χ3n) is 4.01.